The van der Waals surface area contributed by atoms with Crippen LogP contribution in [0.3, 0.4) is 0 Å². The van der Waals surface area contributed by atoms with Crippen LogP contribution in [0, 0.1) is 11.8 Å². The first kappa shape index (κ1) is 28.7. The van der Waals surface area contributed by atoms with Crippen molar-refractivity contribution in [3.8, 4) is 0 Å². The fourth-order valence-corrected chi connectivity index (χ4v) is 8.02. The smallest absolute Gasteiger partial charge is 0.405 e. The van der Waals surface area contributed by atoms with Crippen LogP contribution in [0.15, 0.2) is 0 Å². The molecular weight excluding hydrogens is 482 g/mol. The molecule has 2 fully saturated rings. The van der Waals surface area contributed by atoms with Crippen LogP contribution < -0.4 is 0 Å². The van der Waals surface area contributed by atoms with Gasteiger partial charge in [0.1, 0.15) is 6.61 Å². The van der Waals surface area contributed by atoms with Crippen molar-refractivity contribution in [3.63, 3.8) is 0 Å². The zero-order valence-electron chi connectivity index (χ0n) is 19.7. The van der Waals surface area contributed by atoms with E-state index in [1.54, 1.807) is 11.8 Å². The highest BCUT2D eigenvalue weighted by Crippen LogP contribution is 2.61. The molecule has 0 radical (unpaired) electrons. The molecule has 2 heterocycles. The Kier molecular flexibility index (Phi) is 8.89. The van der Waals surface area contributed by atoms with Gasteiger partial charge in [-0.3, -0.25) is 4.55 Å². The minimum Gasteiger partial charge on any atom is -0.453 e. The first-order chi connectivity index (χ1) is 15.1. The molecule has 0 spiro atoms. The maximum absolute atomic E-state index is 13.6. The van der Waals surface area contributed by atoms with Gasteiger partial charge in [0.15, 0.2) is 6.10 Å². The highest BCUT2D eigenvalue weighted by Gasteiger charge is 2.64. The molecule has 2 rings (SSSR count). The van der Waals surface area contributed by atoms with E-state index in [-0.39, 0.29) is 22.3 Å². The molecule has 2 aliphatic rings. The number of ether oxygens (including phenoxy) is 2. The number of hydrogen-bond acceptors (Lipinski definition) is 8. The Labute approximate surface area is 198 Å². The summed E-state index contributed by atoms with van der Waals surface area (Å²) >= 11 is 1.61. The number of fused-ring (bicyclic) bond motifs is 2. The SMILES string of the molecule is CCC(O)(CC)C1C2CC(OCC(=O)OC(C)C(F)(F)S(=O)(=O)O)C(S2)C1C(O)(CC)CC. The Balaban J connectivity index is 2.14. The Bertz CT molecular complexity index is 798. The summed E-state index contributed by atoms with van der Waals surface area (Å²) in [5.74, 6) is -1.63. The summed E-state index contributed by atoms with van der Waals surface area (Å²) in [5.41, 5.74) is -1.99. The maximum atomic E-state index is 13.6. The second-order valence-corrected chi connectivity index (χ2v) is 12.0. The third-order valence-electron chi connectivity index (χ3n) is 7.53. The predicted octanol–water partition coefficient (Wildman–Crippen LogP) is 3.01. The van der Waals surface area contributed by atoms with E-state index >= 15 is 0 Å². The van der Waals surface area contributed by atoms with Gasteiger partial charge in [-0.15, -0.1) is 0 Å². The summed E-state index contributed by atoms with van der Waals surface area (Å²) in [6, 6.07) is 0. The summed E-state index contributed by atoms with van der Waals surface area (Å²) in [7, 11) is -5.75. The molecule has 33 heavy (non-hydrogen) atoms. The van der Waals surface area contributed by atoms with Crippen molar-refractivity contribution in [2.45, 2.75) is 106 Å². The molecule has 12 heteroatoms. The molecule has 0 aromatic rings. The van der Waals surface area contributed by atoms with Gasteiger partial charge in [0.05, 0.1) is 17.3 Å². The van der Waals surface area contributed by atoms with Crippen LogP contribution in [0.2, 0.25) is 0 Å². The second kappa shape index (κ2) is 10.2. The quantitative estimate of drug-likeness (QED) is 0.264. The van der Waals surface area contributed by atoms with Gasteiger partial charge < -0.3 is 19.7 Å². The van der Waals surface area contributed by atoms with Crippen LogP contribution in [-0.4, -0.2) is 74.9 Å². The number of thioether (sulfide) groups is 1. The minimum absolute atomic E-state index is 0.00154. The number of rotatable bonds is 12. The summed E-state index contributed by atoms with van der Waals surface area (Å²) in [4.78, 5) is 12.0. The van der Waals surface area contributed by atoms with Crippen LogP contribution in [0.1, 0.15) is 66.7 Å². The largest absolute Gasteiger partial charge is 0.453 e. The highest BCUT2D eigenvalue weighted by atomic mass is 32.2. The van der Waals surface area contributed by atoms with Crippen molar-refractivity contribution in [3.05, 3.63) is 0 Å². The molecule has 0 amide bonds. The lowest BCUT2D eigenvalue weighted by Gasteiger charge is -2.49. The summed E-state index contributed by atoms with van der Waals surface area (Å²) in [6.07, 6.45) is -0.306. The standard InChI is InChI=1S/C21H36F2O8S2/c1-6-19(25,7-2)16-14-10-13(18(32-14)17(16)20(26,8-3)9-4)30-11-15(24)31-12(5)21(22,23)33(27,28)29/h12-14,16-18,25-26H,6-11H2,1-5H3,(H,27,28,29). The van der Waals surface area contributed by atoms with E-state index in [0.717, 1.165) is 0 Å². The Morgan fingerprint density at radius 3 is 2.00 bits per heavy atom. The van der Waals surface area contributed by atoms with E-state index in [4.69, 9.17) is 9.29 Å². The third kappa shape index (κ3) is 5.35. The van der Waals surface area contributed by atoms with Gasteiger partial charge >= 0.3 is 21.3 Å². The molecule has 2 bridgehead atoms. The maximum Gasteiger partial charge on any atom is 0.405 e. The third-order valence-corrected chi connectivity index (χ3v) is 10.3. The lowest BCUT2D eigenvalue weighted by molar-refractivity contribution is -0.170. The van der Waals surface area contributed by atoms with Crippen molar-refractivity contribution in [2.75, 3.05) is 6.61 Å². The Morgan fingerprint density at radius 2 is 1.55 bits per heavy atom. The van der Waals surface area contributed by atoms with Crippen LogP contribution in [0.25, 0.3) is 0 Å². The Morgan fingerprint density at radius 1 is 1.06 bits per heavy atom. The number of halogens is 2. The number of hydrogen-bond donors (Lipinski definition) is 3. The molecular formula is C21H36F2O8S2. The molecule has 6 unspecified atom stereocenters. The van der Waals surface area contributed by atoms with Crippen LogP contribution >= 0.6 is 11.8 Å². The molecule has 0 saturated carbocycles. The van der Waals surface area contributed by atoms with Gasteiger partial charge in [0.2, 0.25) is 0 Å². The Hall–Kier alpha value is -0.530. The summed E-state index contributed by atoms with van der Waals surface area (Å²) in [6.45, 7) is 7.60. The number of carbonyl (C=O) groups is 1. The van der Waals surface area contributed by atoms with E-state index in [0.29, 0.717) is 39.0 Å². The van der Waals surface area contributed by atoms with Gasteiger partial charge in [-0.1, -0.05) is 27.7 Å². The normalized spacial score (nSPS) is 29.3. The van der Waals surface area contributed by atoms with E-state index < -0.39 is 51.4 Å². The monoisotopic (exact) mass is 518 g/mol. The molecule has 2 aliphatic heterocycles. The summed E-state index contributed by atoms with van der Waals surface area (Å²) in [5, 5.41) is 17.9. The summed E-state index contributed by atoms with van der Waals surface area (Å²) < 4.78 is 67.7. The predicted molar refractivity (Wildman–Crippen MR) is 120 cm³/mol. The molecule has 6 atom stereocenters. The van der Waals surface area contributed by atoms with Crippen molar-refractivity contribution < 1.29 is 46.2 Å². The second-order valence-electron chi connectivity index (χ2n) is 9.07. The lowest BCUT2D eigenvalue weighted by atomic mass is 9.60. The molecule has 0 aromatic carbocycles. The molecule has 8 nitrogen and oxygen atoms in total. The molecule has 0 aliphatic carbocycles. The number of esters is 1. The number of aliphatic hydroxyl groups is 2. The molecule has 3 N–H and O–H groups in total. The lowest BCUT2D eigenvalue weighted by Crippen LogP contribution is -2.57. The average Bonchev–Trinajstić information content (AvgIpc) is 3.34. The van der Waals surface area contributed by atoms with Gasteiger partial charge in [0.25, 0.3) is 0 Å². The van der Waals surface area contributed by atoms with Gasteiger partial charge in [0, 0.05) is 22.3 Å². The highest BCUT2D eigenvalue weighted by molar-refractivity contribution is 8.01. The van der Waals surface area contributed by atoms with E-state index in [9.17, 15) is 32.2 Å². The number of carbonyl (C=O) groups excluding carboxylic acids is 1. The van der Waals surface area contributed by atoms with E-state index in [2.05, 4.69) is 4.74 Å². The van der Waals surface area contributed by atoms with Crippen LogP contribution in [-0.2, 0) is 24.4 Å². The topological polar surface area (TPSA) is 130 Å². The van der Waals surface area contributed by atoms with E-state index in [1.165, 1.54) is 0 Å². The number of alkyl halides is 2. The minimum atomic E-state index is -5.75. The van der Waals surface area contributed by atoms with Crippen molar-refractivity contribution in [1.29, 1.82) is 0 Å². The van der Waals surface area contributed by atoms with Crippen molar-refractivity contribution in [1.82, 2.24) is 0 Å². The molecule has 2 saturated heterocycles. The first-order valence-electron chi connectivity index (χ1n) is 11.4. The van der Waals surface area contributed by atoms with Crippen molar-refractivity contribution in [2.24, 2.45) is 11.8 Å². The van der Waals surface area contributed by atoms with Gasteiger partial charge in [-0.2, -0.15) is 29.0 Å². The average molecular weight is 519 g/mol. The van der Waals surface area contributed by atoms with Crippen molar-refractivity contribution >= 4 is 27.8 Å². The van der Waals surface area contributed by atoms with E-state index in [1.807, 2.05) is 27.7 Å². The fraction of sp³-hybridized carbons (Fsp3) is 0.952. The van der Waals surface area contributed by atoms with Gasteiger partial charge in [-0.05, 0) is 39.0 Å². The van der Waals surface area contributed by atoms with Crippen LogP contribution in [0.5, 0.6) is 0 Å². The fourth-order valence-electron chi connectivity index (χ4n) is 5.30. The van der Waals surface area contributed by atoms with Gasteiger partial charge in [-0.25, -0.2) is 4.79 Å². The molecule has 0 aromatic heterocycles. The zero-order chi connectivity index (χ0) is 25.4. The van der Waals surface area contributed by atoms with Crippen LogP contribution in [0.4, 0.5) is 8.78 Å². The molecule has 194 valence electrons. The first-order valence-corrected chi connectivity index (χ1v) is 13.8. The zero-order valence-corrected chi connectivity index (χ0v) is 21.3.